The van der Waals surface area contributed by atoms with Crippen LogP contribution in [0.2, 0.25) is 10.0 Å². The van der Waals surface area contributed by atoms with Gasteiger partial charge in [-0.2, -0.15) is 0 Å². The van der Waals surface area contributed by atoms with Gasteiger partial charge in [-0.1, -0.05) is 36.2 Å². The third-order valence-electron chi connectivity index (χ3n) is 2.45. The topological polar surface area (TPSA) is 38.7 Å². The number of aliphatic hydroxyl groups excluding tert-OH is 1. The van der Waals surface area contributed by atoms with Crippen molar-refractivity contribution in [2.75, 3.05) is 13.2 Å². The molecule has 3 nitrogen and oxygen atoms in total. The molecule has 102 valence electrons. The van der Waals surface area contributed by atoms with E-state index in [4.69, 9.17) is 37.8 Å². The zero-order valence-electron chi connectivity index (χ0n) is 10.5. The number of rotatable bonds is 7. The number of hydrogen-bond acceptors (Lipinski definition) is 3. The molecule has 0 radical (unpaired) electrons. The standard InChI is InChI=1S/C13H18Cl2O3/c1-9(6-16)7-17-10(2)18-8-11-12(14)4-3-5-13(11)15/h3-5,9-10,16H,6-8H2,1-2H3. The van der Waals surface area contributed by atoms with Gasteiger partial charge in [0.2, 0.25) is 0 Å². The zero-order chi connectivity index (χ0) is 13.5. The largest absolute Gasteiger partial charge is 0.396 e. The average molecular weight is 293 g/mol. The van der Waals surface area contributed by atoms with Gasteiger partial charge in [0.25, 0.3) is 0 Å². The first-order valence-corrected chi connectivity index (χ1v) is 6.57. The Bertz CT molecular complexity index is 351. The van der Waals surface area contributed by atoms with Gasteiger partial charge in [0.1, 0.15) is 0 Å². The Morgan fingerprint density at radius 3 is 2.33 bits per heavy atom. The second kappa shape index (κ2) is 7.97. The first-order chi connectivity index (χ1) is 8.54. The molecule has 1 aromatic carbocycles. The smallest absolute Gasteiger partial charge is 0.155 e. The van der Waals surface area contributed by atoms with Crippen LogP contribution < -0.4 is 0 Å². The summed E-state index contributed by atoms with van der Waals surface area (Å²) in [4.78, 5) is 0. The lowest BCUT2D eigenvalue weighted by Crippen LogP contribution is -2.18. The van der Waals surface area contributed by atoms with E-state index in [9.17, 15) is 0 Å². The summed E-state index contributed by atoms with van der Waals surface area (Å²) in [7, 11) is 0. The molecular formula is C13H18Cl2O3. The van der Waals surface area contributed by atoms with Crippen LogP contribution in [-0.4, -0.2) is 24.6 Å². The maximum atomic E-state index is 8.87. The lowest BCUT2D eigenvalue weighted by molar-refractivity contribution is -0.146. The van der Waals surface area contributed by atoms with Crippen LogP contribution in [0.4, 0.5) is 0 Å². The Balaban J connectivity index is 2.40. The number of benzene rings is 1. The summed E-state index contributed by atoms with van der Waals surface area (Å²) in [5, 5.41) is 10.0. The highest BCUT2D eigenvalue weighted by molar-refractivity contribution is 6.35. The van der Waals surface area contributed by atoms with E-state index in [2.05, 4.69) is 0 Å². The molecule has 1 N–H and O–H groups in total. The van der Waals surface area contributed by atoms with Crippen molar-refractivity contribution in [2.24, 2.45) is 5.92 Å². The molecule has 0 fully saturated rings. The van der Waals surface area contributed by atoms with Gasteiger partial charge in [-0.25, -0.2) is 0 Å². The molecule has 0 aromatic heterocycles. The molecule has 0 heterocycles. The van der Waals surface area contributed by atoms with E-state index >= 15 is 0 Å². The third-order valence-corrected chi connectivity index (χ3v) is 3.16. The molecule has 0 saturated carbocycles. The van der Waals surface area contributed by atoms with Crippen LogP contribution in [-0.2, 0) is 16.1 Å². The van der Waals surface area contributed by atoms with E-state index in [1.807, 2.05) is 6.92 Å². The summed E-state index contributed by atoms with van der Waals surface area (Å²) >= 11 is 12.0. The Hall–Kier alpha value is -0.320. The summed E-state index contributed by atoms with van der Waals surface area (Å²) in [5.41, 5.74) is 0.756. The Morgan fingerprint density at radius 1 is 1.17 bits per heavy atom. The van der Waals surface area contributed by atoms with Gasteiger partial charge < -0.3 is 14.6 Å². The van der Waals surface area contributed by atoms with Gasteiger partial charge in [-0.15, -0.1) is 0 Å². The maximum Gasteiger partial charge on any atom is 0.155 e. The fraction of sp³-hybridized carbons (Fsp3) is 0.538. The predicted octanol–water partition coefficient (Wildman–Crippen LogP) is 3.50. The molecule has 0 aliphatic rings. The van der Waals surface area contributed by atoms with Crippen LogP contribution >= 0.6 is 23.2 Å². The zero-order valence-corrected chi connectivity index (χ0v) is 12.0. The third kappa shape index (κ3) is 5.12. The maximum absolute atomic E-state index is 8.87. The second-order valence-electron chi connectivity index (χ2n) is 4.20. The molecule has 0 aliphatic heterocycles. The van der Waals surface area contributed by atoms with Crippen molar-refractivity contribution in [3.05, 3.63) is 33.8 Å². The fourth-order valence-corrected chi connectivity index (χ4v) is 1.78. The highest BCUT2D eigenvalue weighted by atomic mass is 35.5. The summed E-state index contributed by atoms with van der Waals surface area (Å²) in [5.74, 6) is 0.0972. The van der Waals surface area contributed by atoms with Crippen LogP contribution in [0.15, 0.2) is 18.2 Å². The molecular weight excluding hydrogens is 275 g/mol. The van der Waals surface area contributed by atoms with E-state index in [0.717, 1.165) is 5.56 Å². The molecule has 5 heteroatoms. The van der Waals surface area contributed by atoms with E-state index in [1.54, 1.807) is 25.1 Å². The molecule has 0 bridgehead atoms. The quantitative estimate of drug-likeness (QED) is 0.782. The minimum Gasteiger partial charge on any atom is -0.396 e. The summed E-state index contributed by atoms with van der Waals surface area (Å²) in [6.07, 6.45) is -0.369. The Labute approximate surface area is 118 Å². The van der Waals surface area contributed by atoms with E-state index in [0.29, 0.717) is 23.3 Å². The molecule has 0 amide bonds. The van der Waals surface area contributed by atoms with Gasteiger partial charge in [-0.05, 0) is 19.1 Å². The van der Waals surface area contributed by atoms with Gasteiger partial charge in [-0.3, -0.25) is 0 Å². The highest BCUT2D eigenvalue weighted by Gasteiger charge is 2.10. The molecule has 18 heavy (non-hydrogen) atoms. The highest BCUT2D eigenvalue weighted by Crippen LogP contribution is 2.25. The first-order valence-electron chi connectivity index (χ1n) is 5.81. The van der Waals surface area contributed by atoms with Crippen molar-refractivity contribution >= 4 is 23.2 Å². The molecule has 2 unspecified atom stereocenters. The number of ether oxygens (including phenoxy) is 2. The Kier molecular flexibility index (Phi) is 6.97. The first kappa shape index (κ1) is 15.7. The summed E-state index contributed by atoms with van der Waals surface area (Å²) < 4.78 is 10.9. The molecule has 0 saturated heterocycles. The van der Waals surface area contributed by atoms with Crippen LogP contribution in [0.3, 0.4) is 0 Å². The van der Waals surface area contributed by atoms with Gasteiger partial charge in [0.05, 0.1) is 13.2 Å². The molecule has 0 aliphatic carbocycles. The number of halogens is 2. The minimum absolute atomic E-state index is 0.0972. The summed E-state index contributed by atoms with van der Waals surface area (Å²) in [6.45, 7) is 4.55. The van der Waals surface area contributed by atoms with Crippen LogP contribution in [0.1, 0.15) is 19.4 Å². The summed E-state index contributed by atoms with van der Waals surface area (Å²) in [6, 6.07) is 5.33. The van der Waals surface area contributed by atoms with Crippen molar-refractivity contribution in [3.63, 3.8) is 0 Å². The van der Waals surface area contributed by atoms with Gasteiger partial charge in [0.15, 0.2) is 6.29 Å². The number of hydrogen-bond donors (Lipinski definition) is 1. The van der Waals surface area contributed by atoms with Crippen molar-refractivity contribution in [3.8, 4) is 0 Å². The van der Waals surface area contributed by atoms with Crippen molar-refractivity contribution < 1.29 is 14.6 Å². The Morgan fingerprint density at radius 2 is 1.78 bits per heavy atom. The predicted molar refractivity (Wildman–Crippen MR) is 72.9 cm³/mol. The number of aliphatic hydroxyl groups is 1. The SMILES string of the molecule is CC(CO)COC(C)OCc1c(Cl)cccc1Cl. The van der Waals surface area contributed by atoms with E-state index in [1.165, 1.54) is 0 Å². The molecule has 2 atom stereocenters. The molecule has 0 spiro atoms. The molecule has 1 aromatic rings. The van der Waals surface area contributed by atoms with Gasteiger partial charge >= 0.3 is 0 Å². The van der Waals surface area contributed by atoms with Gasteiger partial charge in [0, 0.05) is 28.1 Å². The second-order valence-corrected chi connectivity index (χ2v) is 5.01. The lowest BCUT2D eigenvalue weighted by atomic mass is 10.2. The van der Waals surface area contributed by atoms with Crippen LogP contribution in [0.5, 0.6) is 0 Å². The van der Waals surface area contributed by atoms with Crippen LogP contribution in [0.25, 0.3) is 0 Å². The van der Waals surface area contributed by atoms with Crippen molar-refractivity contribution in [2.45, 2.75) is 26.7 Å². The van der Waals surface area contributed by atoms with E-state index in [-0.39, 0.29) is 18.8 Å². The van der Waals surface area contributed by atoms with Crippen LogP contribution in [0, 0.1) is 5.92 Å². The van der Waals surface area contributed by atoms with Crippen molar-refractivity contribution in [1.29, 1.82) is 0 Å². The van der Waals surface area contributed by atoms with Crippen molar-refractivity contribution in [1.82, 2.24) is 0 Å². The minimum atomic E-state index is -0.369. The van der Waals surface area contributed by atoms with E-state index < -0.39 is 0 Å². The fourth-order valence-electron chi connectivity index (χ4n) is 1.27. The monoisotopic (exact) mass is 292 g/mol. The average Bonchev–Trinajstić information content (AvgIpc) is 2.35. The lowest BCUT2D eigenvalue weighted by Gasteiger charge is -2.17. The normalized spacial score (nSPS) is 14.5. The molecule has 1 rings (SSSR count).